The van der Waals surface area contributed by atoms with Crippen LogP contribution in [0.5, 0.6) is 23.0 Å². The van der Waals surface area contributed by atoms with E-state index in [0.717, 1.165) is 31.5 Å². The van der Waals surface area contributed by atoms with Crippen molar-refractivity contribution in [2.45, 2.75) is 38.6 Å². The molecule has 2 aliphatic heterocycles. The zero-order chi connectivity index (χ0) is 25.8. The molecular formula is C28H36N2O6. The molecule has 0 bridgehead atoms. The highest BCUT2D eigenvalue weighted by Gasteiger charge is 2.43. The Bertz CT molecular complexity index is 1060. The van der Waals surface area contributed by atoms with Crippen LogP contribution in [0.3, 0.4) is 0 Å². The van der Waals surface area contributed by atoms with Gasteiger partial charge in [0, 0.05) is 31.6 Å². The van der Waals surface area contributed by atoms with E-state index in [9.17, 15) is 9.59 Å². The number of likely N-dealkylation sites (tertiary alicyclic amines) is 1. The molecule has 8 nitrogen and oxygen atoms in total. The van der Waals surface area contributed by atoms with Gasteiger partial charge in [-0.15, -0.1) is 0 Å². The minimum atomic E-state index is -0.482. The Kier molecular flexibility index (Phi) is 7.91. The van der Waals surface area contributed by atoms with E-state index >= 15 is 0 Å². The summed E-state index contributed by atoms with van der Waals surface area (Å²) in [6.07, 6.45) is 2.91. The third-order valence-electron chi connectivity index (χ3n) is 7.27. The number of methoxy groups -OCH3 is 4. The minimum absolute atomic E-state index is 0.0545. The van der Waals surface area contributed by atoms with E-state index < -0.39 is 6.04 Å². The smallest absolute Gasteiger partial charge is 0.228 e. The number of nitrogens with zero attached hydrogens (tertiary/aromatic N) is 2. The van der Waals surface area contributed by atoms with Crippen molar-refractivity contribution >= 4 is 17.5 Å². The first-order valence-electron chi connectivity index (χ1n) is 12.5. The van der Waals surface area contributed by atoms with Crippen LogP contribution in [-0.4, -0.2) is 58.2 Å². The summed E-state index contributed by atoms with van der Waals surface area (Å²) in [6, 6.07) is 10.7. The van der Waals surface area contributed by atoms with Crippen LogP contribution in [-0.2, 0) is 9.59 Å². The molecule has 0 aliphatic carbocycles. The van der Waals surface area contributed by atoms with Crippen molar-refractivity contribution in [1.82, 2.24) is 4.90 Å². The van der Waals surface area contributed by atoms with Gasteiger partial charge in [-0.1, -0.05) is 19.1 Å². The fourth-order valence-electron chi connectivity index (χ4n) is 5.47. The number of hydrogen-bond donors (Lipinski definition) is 0. The molecule has 4 rings (SSSR count). The van der Waals surface area contributed by atoms with E-state index in [-0.39, 0.29) is 24.2 Å². The Balaban J connectivity index is 1.82. The third-order valence-corrected chi connectivity index (χ3v) is 7.27. The first-order valence-corrected chi connectivity index (χ1v) is 12.5. The number of benzene rings is 2. The molecule has 0 unspecified atom stereocenters. The van der Waals surface area contributed by atoms with Gasteiger partial charge in [0.05, 0.1) is 46.1 Å². The number of piperidine rings is 2. The molecule has 2 heterocycles. The summed E-state index contributed by atoms with van der Waals surface area (Å²) >= 11 is 0. The largest absolute Gasteiger partial charge is 0.497 e. The third kappa shape index (κ3) is 4.94. The molecule has 2 fully saturated rings. The maximum Gasteiger partial charge on any atom is 0.228 e. The highest BCUT2D eigenvalue weighted by Crippen LogP contribution is 2.46. The standard InChI is InChI=1S/C28H36N2O6/c1-18-7-6-14-29(17-18)28(32)22-12-13-25(31)30(26(22)19-8-10-21(33-2)11-9-19)20-15-23(34-3)27(36-5)24(16-20)35-4/h8-11,15-16,18,22,26H,6-7,12-14,17H2,1-5H3/t18-,22+,26+/m0/s1. The van der Waals surface area contributed by atoms with Gasteiger partial charge in [0.2, 0.25) is 17.6 Å². The van der Waals surface area contributed by atoms with Gasteiger partial charge in [-0.25, -0.2) is 0 Å². The van der Waals surface area contributed by atoms with Gasteiger partial charge in [0.15, 0.2) is 11.5 Å². The maximum atomic E-state index is 13.9. The Hall–Kier alpha value is -3.42. The van der Waals surface area contributed by atoms with E-state index in [0.29, 0.717) is 41.0 Å². The molecule has 194 valence electrons. The SMILES string of the molecule is COc1ccc([C@@H]2[C@H](C(=O)N3CCC[C@H](C)C3)CCC(=O)N2c2cc(OC)c(OC)c(OC)c2)cc1. The molecule has 2 saturated heterocycles. The number of carbonyl (C=O) groups is 2. The fourth-order valence-corrected chi connectivity index (χ4v) is 5.47. The number of carbonyl (C=O) groups excluding carboxylic acids is 2. The summed E-state index contributed by atoms with van der Waals surface area (Å²) in [7, 11) is 6.25. The van der Waals surface area contributed by atoms with Gasteiger partial charge in [0.1, 0.15) is 5.75 Å². The van der Waals surface area contributed by atoms with Gasteiger partial charge in [-0.3, -0.25) is 9.59 Å². The Morgan fingerprint density at radius 1 is 0.917 bits per heavy atom. The summed E-state index contributed by atoms with van der Waals surface area (Å²) in [5.74, 6) is 2.21. The molecule has 8 heteroatoms. The molecule has 2 aliphatic rings. The van der Waals surface area contributed by atoms with Crippen LogP contribution in [0.15, 0.2) is 36.4 Å². The second-order valence-electron chi connectivity index (χ2n) is 9.54. The predicted octanol–water partition coefficient (Wildman–Crippen LogP) is 4.46. The molecular weight excluding hydrogens is 460 g/mol. The zero-order valence-corrected chi connectivity index (χ0v) is 21.8. The molecule has 3 atom stereocenters. The number of rotatable bonds is 7. The molecule has 2 aromatic rings. The molecule has 36 heavy (non-hydrogen) atoms. The Labute approximate surface area is 213 Å². The number of anilines is 1. The van der Waals surface area contributed by atoms with Gasteiger partial charge < -0.3 is 28.7 Å². The molecule has 0 N–H and O–H groups in total. The topological polar surface area (TPSA) is 77.5 Å². The van der Waals surface area contributed by atoms with Crippen LogP contribution in [0, 0.1) is 11.8 Å². The van der Waals surface area contributed by atoms with E-state index in [1.807, 2.05) is 29.2 Å². The Morgan fingerprint density at radius 3 is 2.14 bits per heavy atom. The quantitative estimate of drug-likeness (QED) is 0.563. The molecule has 0 saturated carbocycles. The number of amides is 2. The lowest BCUT2D eigenvalue weighted by atomic mass is 9.82. The van der Waals surface area contributed by atoms with Crippen molar-refractivity contribution in [3.8, 4) is 23.0 Å². The van der Waals surface area contributed by atoms with Gasteiger partial charge in [-0.05, 0) is 42.9 Å². The summed E-state index contributed by atoms with van der Waals surface area (Å²) in [4.78, 5) is 31.2. The maximum absolute atomic E-state index is 13.9. The highest BCUT2D eigenvalue weighted by molar-refractivity contribution is 5.98. The van der Waals surface area contributed by atoms with Crippen molar-refractivity contribution in [3.63, 3.8) is 0 Å². The minimum Gasteiger partial charge on any atom is -0.497 e. The summed E-state index contributed by atoms with van der Waals surface area (Å²) < 4.78 is 22.0. The summed E-state index contributed by atoms with van der Waals surface area (Å²) in [5, 5.41) is 0. The van der Waals surface area contributed by atoms with Gasteiger partial charge in [-0.2, -0.15) is 0 Å². The van der Waals surface area contributed by atoms with E-state index in [2.05, 4.69) is 6.92 Å². The predicted molar refractivity (Wildman–Crippen MR) is 137 cm³/mol. The summed E-state index contributed by atoms with van der Waals surface area (Å²) in [6.45, 7) is 3.70. The highest BCUT2D eigenvalue weighted by atomic mass is 16.5. The molecule has 2 amide bonds. The van der Waals surface area contributed by atoms with Crippen molar-refractivity contribution in [3.05, 3.63) is 42.0 Å². The normalized spacial score (nSPS) is 22.2. The fraction of sp³-hybridized carbons (Fsp3) is 0.500. The average Bonchev–Trinajstić information content (AvgIpc) is 2.91. The molecule has 2 aromatic carbocycles. The van der Waals surface area contributed by atoms with Crippen LogP contribution in [0.1, 0.15) is 44.2 Å². The zero-order valence-electron chi connectivity index (χ0n) is 21.8. The second kappa shape index (κ2) is 11.1. The second-order valence-corrected chi connectivity index (χ2v) is 9.54. The molecule has 0 spiro atoms. The number of hydrogen-bond acceptors (Lipinski definition) is 6. The molecule has 0 radical (unpaired) electrons. The lowest BCUT2D eigenvalue weighted by Crippen LogP contribution is -2.51. The monoisotopic (exact) mass is 496 g/mol. The van der Waals surface area contributed by atoms with Crippen molar-refractivity contribution < 1.29 is 28.5 Å². The number of ether oxygens (including phenoxy) is 4. The van der Waals surface area contributed by atoms with E-state index in [1.165, 1.54) is 0 Å². The van der Waals surface area contributed by atoms with E-state index in [1.54, 1.807) is 45.5 Å². The Morgan fingerprint density at radius 2 is 1.58 bits per heavy atom. The van der Waals surface area contributed by atoms with Crippen LogP contribution in [0.2, 0.25) is 0 Å². The van der Waals surface area contributed by atoms with Crippen LogP contribution in [0.4, 0.5) is 5.69 Å². The molecule has 0 aromatic heterocycles. The van der Waals surface area contributed by atoms with Gasteiger partial charge in [0.25, 0.3) is 0 Å². The lowest BCUT2D eigenvalue weighted by molar-refractivity contribution is -0.140. The van der Waals surface area contributed by atoms with Crippen LogP contribution >= 0.6 is 0 Å². The first kappa shape index (κ1) is 25.7. The van der Waals surface area contributed by atoms with Crippen molar-refractivity contribution in [2.75, 3.05) is 46.4 Å². The lowest BCUT2D eigenvalue weighted by Gasteiger charge is -2.43. The van der Waals surface area contributed by atoms with E-state index in [4.69, 9.17) is 18.9 Å². The first-order chi connectivity index (χ1) is 17.4. The van der Waals surface area contributed by atoms with Gasteiger partial charge >= 0.3 is 0 Å². The van der Waals surface area contributed by atoms with Crippen LogP contribution in [0.25, 0.3) is 0 Å². The summed E-state index contributed by atoms with van der Waals surface area (Å²) in [5.41, 5.74) is 1.47. The van der Waals surface area contributed by atoms with Crippen molar-refractivity contribution in [2.24, 2.45) is 11.8 Å². The van der Waals surface area contributed by atoms with Crippen LogP contribution < -0.4 is 23.8 Å². The average molecular weight is 497 g/mol. The van der Waals surface area contributed by atoms with Crippen molar-refractivity contribution in [1.29, 1.82) is 0 Å².